The Kier molecular flexibility index (Phi) is 9.19. The lowest BCUT2D eigenvalue weighted by molar-refractivity contribution is -0.153. The molecule has 41 heavy (non-hydrogen) atoms. The Bertz CT molecular complexity index is 1460. The first-order valence-corrected chi connectivity index (χ1v) is 13.5. The highest BCUT2D eigenvalue weighted by molar-refractivity contribution is 6.37. The number of fused-ring (bicyclic) bond motifs is 1. The summed E-state index contributed by atoms with van der Waals surface area (Å²) in [4.78, 5) is 36.7. The standard InChI is InChI=1S/C32H35FN4O4/c1-32(2,3)41-28(39)19-35-18-21-7-13-24(14-8-21)36-30(22-10-5-20(6-11-22)9-16-27(38)34-4)29-25-15-12-23(33)17-26(25)37-31(29)40/h5-8,10-15,17,35-36H,9,16,18-19H2,1-4H3,(H,34,38)(H,37,40)/b30-29-. The second kappa shape index (κ2) is 12.8. The van der Waals surface area contributed by atoms with Crippen molar-refractivity contribution in [1.82, 2.24) is 10.6 Å². The normalized spacial score (nSPS) is 13.7. The zero-order valence-electron chi connectivity index (χ0n) is 23.7. The summed E-state index contributed by atoms with van der Waals surface area (Å²) >= 11 is 0. The van der Waals surface area contributed by atoms with Gasteiger partial charge in [-0.25, -0.2) is 4.39 Å². The predicted molar refractivity (Wildman–Crippen MR) is 158 cm³/mol. The van der Waals surface area contributed by atoms with Crippen molar-refractivity contribution >= 4 is 40.4 Å². The minimum Gasteiger partial charge on any atom is -0.459 e. The topological polar surface area (TPSA) is 109 Å². The van der Waals surface area contributed by atoms with E-state index in [-0.39, 0.29) is 24.3 Å². The fraction of sp³-hybridized carbons (Fsp3) is 0.281. The summed E-state index contributed by atoms with van der Waals surface area (Å²) in [6.07, 6.45) is 0.966. The van der Waals surface area contributed by atoms with E-state index in [0.717, 1.165) is 22.4 Å². The first-order chi connectivity index (χ1) is 19.5. The van der Waals surface area contributed by atoms with Crippen molar-refractivity contribution in [2.45, 2.75) is 45.8 Å². The fourth-order valence-electron chi connectivity index (χ4n) is 4.43. The summed E-state index contributed by atoms with van der Waals surface area (Å²) in [5.74, 6) is -1.12. The number of nitrogens with one attached hydrogen (secondary N) is 4. The molecular weight excluding hydrogens is 523 g/mol. The van der Waals surface area contributed by atoms with Crippen LogP contribution in [0.1, 0.15) is 49.4 Å². The highest BCUT2D eigenvalue weighted by Gasteiger charge is 2.29. The van der Waals surface area contributed by atoms with E-state index in [1.807, 2.05) is 69.3 Å². The lowest BCUT2D eigenvalue weighted by Crippen LogP contribution is -2.31. The van der Waals surface area contributed by atoms with E-state index in [2.05, 4.69) is 21.3 Å². The average Bonchev–Trinajstić information content (AvgIpc) is 3.24. The molecular formula is C32H35FN4O4. The van der Waals surface area contributed by atoms with Gasteiger partial charge in [-0.2, -0.15) is 0 Å². The van der Waals surface area contributed by atoms with Gasteiger partial charge >= 0.3 is 5.97 Å². The average molecular weight is 559 g/mol. The summed E-state index contributed by atoms with van der Waals surface area (Å²) in [5, 5.41) is 11.9. The first kappa shape index (κ1) is 29.5. The largest absolute Gasteiger partial charge is 0.459 e. The maximum atomic E-state index is 13.9. The third-order valence-electron chi connectivity index (χ3n) is 6.38. The molecule has 1 heterocycles. The number of amides is 2. The van der Waals surface area contributed by atoms with Crippen LogP contribution in [0.2, 0.25) is 0 Å². The van der Waals surface area contributed by atoms with Gasteiger partial charge in [0, 0.05) is 31.3 Å². The molecule has 1 aliphatic rings. The number of benzene rings is 3. The van der Waals surface area contributed by atoms with Crippen molar-refractivity contribution in [1.29, 1.82) is 0 Å². The second-order valence-corrected chi connectivity index (χ2v) is 10.8. The molecule has 3 aromatic carbocycles. The van der Waals surface area contributed by atoms with Crippen molar-refractivity contribution < 1.29 is 23.5 Å². The molecule has 9 heteroatoms. The van der Waals surface area contributed by atoms with Gasteiger partial charge in [-0.1, -0.05) is 36.4 Å². The smallest absolute Gasteiger partial charge is 0.320 e. The van der Waals surface area contributed by atoms with E-state index in [9.17, 15) is 18.8 Å². The maximum Gasteiger partial charge on any atom is 0.320 e. The van der Waals surface area contributed by atoms with E-state index in [4.69, 9.17) is 4.74 Å². The van der Waals surface area contributed by atoms with E-state index >= 15 is 0 Å². The third kappa shape index (κ3) is 8.02. The minimum absolute atomic E-state index is 0.0338. The van der Waals surface area contributed by atoms with Crippen LogP contribution in [0, 0.1) is 5.82 Å². The predicted octanol–water partition coefficient (Wildman–Crippen LogP) is 4.87. The summed E-state index contributed by atoms with van der Waals surface area (Å²) in [5.41, 5.74) is 4.92. The highest BCUT2D eigenvalue weighted by atomic mass is 19.1. The number of rotatable bonds is 10. The van der Waals surface area contributed by atoms with Crippen molar-refractivity contribution in [2.75, 3.05) is 24.2 Å². The van der Waals surface area contributed by atoms with Crippen molar-refractivity contribution in [3.63, 3.8) is 0 Å². The summed E-state index contributed by atoms with van der Waals surface area (Å²) in [6.45, 7) is 6.06. The van der Waals surface area contributed by atoms with Gasteiger partial charge < -0.3 is 26.0 Å². The molecule has 0 atom stereocenters. The minimum atomic E-state index is -0.533. The summed E-state index contributed by atoms with van der Waals surface area (Å²) in [6, 6.07) is 19.5. The Morgan fingerprint density at radius 1 is 0.951 bits per heavy atom. The number of hydrogen-bond acceptors (Lipinski definition) is 6. The van der Waals surface area contributed by atoms with Gasteiger partial charge in [0.05, 0.1) is 23.5 Å². The molecule has 0 aliphatic carbocycles. The molecule has 0 saturated heterocycles. The Morgan fingerprint density at radius 3 is 2.29 bits per heavy atom. The molecule has 0 radical (unpaired) electrons. The summed E-state index contributed by atoms with van der Waals surface area (Å²) < 4.78 is 19.2. The quantitative estimate of drug-likeness (QED) is 0.209. The number of esters is 1. The lowest BCUT2D eigenvalue weighted by Gasteiger charge is -2.19. The molecule has 214 valence electrons. The summed E-state index contributed by atoms with van der Waals surface area (Å²) in [7, 11) is 1.61. The molecule has 4 N–H and O–H groups in total. The number of ether oxygens (including phenoxy) is 1. The first-order valence-electron chi connectivity index (χ1n) is 13.5. The van der Waals surface area contributed by atoms with Gasteiger partial charge in [0.2, 0.25) is 5.91 Å². The molecule has 8 nitrogen and oxygen atoms in total. The fourth-order valence-corrected chi connectivity index (χ4v) is 4.43. The molecule has 0 bridgehead atoms. The Balaban J connectivity index is 1.56. The van der Waals surface area contributed by atoms with Crippen molar-refractivity contribution in [2.24, 2.45) is 0 Å². The number of aryl methyl sites for hydroxylation is 1. The zero-order chi connectivity index (χ0) is 29.6. The van der Waals surface area contributed by atoms with Crippen LogP contribution in [0.3, 0.4) is 0 Å². The Labute approximate surface area is 239 Å². The van der Waals surface area contributed by atoms with E-state index in [0.29, 0.717) is 41.9 Å². The van der Waals surface area contributed by atoms with Crippen LogP contribution < -0.4 is 21.3 Å². The number of carbonyl (C=O) groups excluding carboxylic acids is 3. The van der Waals surface area contributed by atoms with Gasteiger partial charge in [-0.05, 0) is 74.2 Å². The van der Waals surface area contributed by atoms with Crippen LogP contribution in [-0.2, 0) is 32.1 Å². The van der Waals surface area contributed by atoms with E-state index < -0.39 is 11.4 Å². The van der Waals surface area contributed by atoms with E-state index in [1.54, 1.807) is 13.1 Å². The number of anilines is 2. The number of halogens is 1. The maximum absolute atomic E-state index is 13.9. The molecule has 0 fully saturated rings. The van der Waals surface area contributed by atoms with Crippen LogP contribution in [0.4, 0.5) is 15.8 Å². The van der Waals surface area contributed by atoms with Gasteiger partial charge in [-0.15, -0.1) is 0 Å². The van der Waals surface area contributed by atoms with Crippen LogP contribution in [0.25, 0.3) is 11.3 Å². The zero-order valence-corrected chi connectivity index (χ0v) is 23.7. The SMILES string of the molecule is CNC(=O)CCc1ccc(/C(Nc2ccc(CNCC(=O)OC(C)(C)C)cc2)=C2/C(=O)Nc3cc(F)ccc32)cc1. The van der Waals surface area contributed by atoms with Crippen LogP contribution in [0.15, 0.2) is 66.7 Å². The number of hydrogen-bond donors (Lipinski definition) is 4. The van der Waals surface area contributed by atoms with Gasteiger partial charge in [0.15, 0.2) is 0 Å². The van der Waals surface area contributed by atoms with Gasteiger partial charge in [0.25, 0.3) is 5.91 Å². The molecule has 2 amide bonds. The van der Waals surface area contributed by atoms with Crippen molar-refractivity contribution in [3.05, 3.63) is 94.8 Å². The molecule has 0 aromatic heterocycles. The monoisotopic (exact) mass is 558 g/mol. The number of carbonyl (C=O) groups is 3. The highest BCUT2D eigenvalue weighted by Crippen LogP contribution is 2.38. The van der Waals surface area contributed by atoms with Crippen LogP contribution in [-0.4, -0.2) is 37.0 Å². The molecule has 3 aromatic rings. The molecule has 0 unspecified atom stereocenters. The van der Waals surface area contributed by atoms with Gasteiger partial charge in [-0.3, -0.25) is 14.4 Å². The Hall–Kier alpha value is -4.50. The molecule has 0 saturated carbocycles. The Morgan fingerprint density at radius 2 is 1.63 bits per heavy atom. The van der Waals surface area contributed by atoms with Gasteiger partial charge in [0.1, 0.15) is 11.4 Å². The van der Waals surface area contributed by atoms with Crippen LogP contribution >= 0.6 is 0 Å². The molecule has 0 spiro atoms. The van der Waals surface area contributed by atoms with E-state index in [1.165, 1.54) is 12.1 Å². The van der Waals surface area contributed by atoms with Crippen molar-refractivity contribution in [3.8, 4) is 0 Å². The molecule has 1 aliphatic heterocycles. The second-order valence-electron chi connectivity index (χ2n) is 10.8. The third-order valence-corrected chi connectivity index (χ3v) is 6.38. The van der Waals surface area contributed by atoms with Crippen LogP contribution in [0.5, 0.6) is 0 Å². The lowest BCUT2D eigenvalue weighted by atomic mass is 9.98. The molecule has 4 rings (SSSR count).